The molecule has 0 spiro atoms. The van der Waals surface area contributed by atoms with Gasteiger partial charge in [-0.05, 0) is 88.1 Å². The predicted octanol–water partition coefficient (Wildman–Crippen LogP) is 5.31. The first-order valence-electron chi connectivity index (χ1n) is 10.4. The fourth-order valence-corrected chi connectivity index (χ4v) is 3.36. The van der Waals surface area contributed by atoms with Crippen LogP contribution in [-0.2, 0) is 9.59 Å². The summed E-state index contributed by atoms with van der Waals surface area (Å²) in [5.41, 5.74) is 4.26. The fourth-order valence-electron chi connectivity index (χ4n) is 3.36. The Morgan fingerprint density at radius 1 is 1.00 bits per heavy atom. The Labute approximate surface area is 183 Å². The SMILES string of the molecule is Cc1cc(-c2ccc(NC(C)C)cc2F)c(C)cc1/C=C(\CC(=O)NC(C)C)C(=O)O. The van der Waals surface area contributed by atoms with Gasteiger partial charge in [0.05, 0.1) is 6.42 Å². The quantitative estimate of drug-likeness (QED) is 0.500. The second-order valence-corrected chi connectivity index (χ2v) is 8.39. The van der Waals surface area contributed by atoms with Gasteiger partial charge in [0.15, 0.2) is 0 Å². The minimum atomic E-state index is -1.14. The molecule has 31 heavy (non-hydrogen) atoms. The highest BCUT2D eigenvalue weighted by Crippen LogP contribution is 2.31. The molecule has 0 aromatic heterocycles. The van der Waals surface area contributed by atoms with Gasteiger partial charge < -0.3 is 15.7 Å². The minimum Gasteiger partial charge on any atom is -0.478 e. The first-order chi connectivity index (χ1) is 14.5. The van der Waals surface area contributed by atoms with Gasteiger partial charge in [-0.3, -0.25) is 4.79 Å². The molecule has 2 aromatic carbocycles. The number of carbonyl (C=O) groups is 2. The van der Waals surface area contributed by atoms with Crippen LogP contribution in [0.15, 0.2) is 35.9 Å². The molecule has 0 aliphatic heterocycles. The number of hydrogen-bond acceptors (Lipinski definition) is 3. The van der Waals surface area contributed by atoms with E-state index in [1.807, 2.05) is 59.7 Å². The second-order valence-electron chi connectivity index (χ2n) is 8.39. The Balaban J connectivity index is 2.40. The second kappa shape index (κ2) is 10.2. The molecule has 0 aliphatic rings. The molecule has 166 valence electrons. The number of rotatable bonds is 8. The zero-order chi connectivity index (χ0) is 23.3. The summed E-state index contributed by atoms with van der Waals surface area (Å²) < 4.78 is 14.8. The molecular formula is C25H31FN2O3. The Morgan fingerprint density at radius 2 is 1.68 bits per heavy atom. The predicted molar refractivity (Wildman–Crippen MR) is 124 cm³/mol. The topological polar surface area (TPSA) is 78.4 Å². The number of anilines is 1. The number of carboxylic acid groups (broad SMARTS) is 1. The van der Waals surface area contributed by atoms with Gasteiger partial charge in [-0.1, -0.05) is 12.1 Å². The van der Waals surface area contributed by atoms with Crippen LogP contribution in [0.1, 0.15) is 50.8 Å². The van der Waals surface area contributed by atoms with Crippen molar-refractivity contribution >= 4 is 23.6 Å². The van der Waals surface area contributed by atoms with Crippen molar-refractivity contribution < 1.29 is 19.1 Å². The van der Waals surface area contributed by atoms with Gasteiger partial charge in [0.2, 0.25) is 5.91 Å². The standard InChI is InChI=1S/C25H31FN2O3/c1-14(2)27-20-7-8-21(23(26)13-20)22-10-16(5)18(9-17(22)6)11-19(25(30)31)12-24(29)28-15(3)4/h7-11,13-15,27H,12H2,1-6H3,(H,28,29)(H,30,31)/b19-11+. The summed E-state index contributed by atoms with van der Waals surface area (Å²) >= 11 is 0. The zero-order valence-corrected chi connectivity index (χ0v) is 19.0. The summed E-state index contributed by atoms with van der Waals surface area (Å²) in [6.45, 7) is 11.3. The molecule has 0 saturated carbocycles. The highest BCUT2D eigenvalue weighted by Gasteiger charge is 2.16. The van der Waals surface area contributed by atoms with Crippen molar-refractivity contribution in [1.82, 2.24) is 5.32 Å². The van der Waals surface area contributed by atoms with Gasteiger partial charge in [-0.2, -0.15) is 0 Å². The zero-order valence-electron chi connectivity index (χ0n) is 19.0. The lowest BCUT2D eigenvalue weighted by molar-refractivity contribution is -0.134. The lowest BCUT2D eigenvalue weighted by atomic mass is 9.93. The number of halogens is 1. The number of nitrogens with one attached hydrogen (secondary N) is 2. The normalized spacial score (nSPS) is 11.7. The van der Waals surface area contributed by atoms with E-state index in [0.29, 0.717) is 11.1 Å². The molecular weight excluding hydrogens is 395 g/mol. The van der Waals surface area contributed by atoms with Crippen LogP contribution in [0.3, 0.4) is 0 Å². The first-order valence-corrected chi connectivity index (χ1v) is 10.4. The van der Waals surface area contributed by atoms with E-state index in [1.54, 1.807) is 6.07 Å². The Hall–Kier alpha value is -3.15. The van der Waals surface area contributed by atoms with E-state index in [0.717, 1.165) is 22.4 Å². The van der Waals surface area contributed by atoms with E-state index in [2.05, 4.69) is 10.6 Å². The van der Waals surface area contributed by atoms with E-state index >= 15 is 0 Å². The van der Waals surface area contributed by atoms with Gasteiger partial charge in [-0.15, -0.1) is 0 Å². The monoisotopic (exact) mass is 426 g/mol. The number of benzene rings is 2. The van der Waals surface area contributed by atoms with Crippen molar-refractivity contribution in [3.63, 3.8) is 0 Å². The van der Waals surface area contributed by atoms with Crippen molar-refractivity contribution in [2.45, 2.75) is 60.0 Å². The van der Waals surface area contributed by atoms with Crippen LogP contribution >= 0.6 is 0 Å². The molecule has 2 aromatic rings. The first kappa shape index (κ1) is 24.1. The van der Waals surface area contributed by atoms with Crippen LogP contribution in [0.25, 0.3) is 17.2 Å². The average Bonchev–Trinajstić information content (AvgIpc) is 2.63. The summed E-state index contributed by atoms with van der Waals surface area (Å²) in [5.74, 6) is -1.81. The van der Waals surface area contributed by atoms with Gasteiger partial charge in [0.25, 0.3) is 0 Å². The summed E-state index contributed by atoms with van der Waals surface area (Å²) in [7, 11) is 0. The van der Waals surface area contributed by atoms with E-state index < -0.39 is 5.97 Å². The van der Waals surface area contributed by atoms with E-state index in [1.165, 1.54) is 12.1 Å². The molecule has 0 atom stereocenters. The molecule has 6 heteroatoms. The Kier molecular flexibility index (Phi) is 7.97. The maximum absolute atomic E-state index is 14.8. The molecule has 5 nitrogen and oxygen atoms in total. The van der Waals surface area contributed by atoms with Crippen LogP contribution in [-0.4, -0.2) is 29.1 Å². The Morgan fingerprint density at radius 3 is 2.23 bits per heavy atom. The third-order valence-electron chi connectivity index (χ3n) is 4.73. The molecule has 0 bridgehead atoms. The third kappa shape index (κ3) is 6.67. The molecule has 0 radical (unpaired) electrons. The molecule has 0 aliphatic carbocycles. The van der Waals surface area contributed by atoms with Crippen LogP contribution < -0.4 is 10.6 Å². The maximum atomic E-state index is 14.8. The lowest BCUT2D eigenvalue weighted by Crippen LogP contribution is -2.30. The van der Waals surface area contributed by atoms with Gasteiger partial charge >= 0.3 is 5.97 Å². The molecule has 0 saturated heterocycles. The minimum absolute atomic E-state index is 0.00342. The van der Waals surface area contributed by atoms with Crippen molar-refractivity contribution in [3.8, 4) is 11.1 Å². The van der Waals surface area contributed by atoms with Gasteiger partial charge in [-0.25, -0.2) is 9.18 Å². The molecule has 0 fully saturated rings. The fraction of sp³-hybridized carbons (Fsp3) is 0.360. The highest BCUT2D eigenvalue weighted by atomic mass is 19.1. The number of carboxylic acids is 1. The molecule has 0 heterocycles. The van der Waals surface area contributed by atoms with E-state index in [9.17, 15) is 19.1 Å². The molecule has 2 rings (SSSR count). The van der Waals surface area contributed by atoms with Crippen molar-refractivity contribution in [1.29, 1.82) is 0 Å². The van der Waals surface area contributed by atoms with Gasteiger partial charge in [0, 0.05) is 28.9 Å². The summed E-state index contributed by atoms with van der Waals surface area (Å²) in [6, 6.07) is 8.88. The average molecular weight is 427 g/mol. The number of hydrogen-bond donors (Lipinski definition) is 3. The summed E-state index contributed by atoms with van der Waals surface area (Å²) in [4.78, 5) is 23.7. The van der Waals surface area contributed by atoms with E-state index in [-0.39, 0.29) is 35.8 Å². The largest absolute Gasteiger partial charge is 0.478 e. The van der Waals surface area contributed by atoms with Crippen molar-refractivity contribution in [2.75, 3.05) is 5.32 Å². The Bertz CT molecular complexity index is 1010. The number of carbonyl (C=O) groups excluding carboxylic acids is 1. The van der Waals surface area contributed by atoms with Crippen molar-refractivity contribution in [2.24, 2.45) is 0 Å². The number of amides is 1. The van der Waals surface area contributed by atoms with Crippen LogP contribution in [0.4, 0.5) is 10.1 Å². The number of aliphatic carboxylic acids is 1. The molecule has 3 N–H and O–H groups in total. The smallest absolute Gasteiger partial charge is 0.332 e. The van der Waals surface area contributed by atoms with Crippen molar-refractivity contribution in [3.05, 3.63) is 58.4 Å². The summed E-state index contributed by atoms with van der Waals surface area (Å²) in [5, 5.41) is 15.4. The van der Waals surface area contributed by atoms with E-state index in [4.69, 9.17) is 0 Å². The third-order valence-corrected chi connectivity index (χ3v) is 4.73. The van der Waals surface area contributed by atoms with Crippen LogP contribution in [0, 0.1) is 19.7 Å². The van der Waals surface area contributed by atoms with Crippen LogP contribution in [0.2, 0.25) is 0 Å². The maximum Gasteiger partial charge on any atom is 0.332 e. The highest BCUT2D eigenvalue weighted by molar-refractivity contribution is 5.98. The van der Waals surface area contributed by atoms with Gasteiger partial charge in [0.1, 0.15) is 5.82 Å². The molecule has 0 unspecified atom stereocenters. The summed E-state index contributed by atoms with van der Waals surface area (Å²) in [6.07, 6.45) is 1.30. The number of aryl methyl sites for hydroxylation is 2. The lowest BCUT2D eigenvalue weighted by Gasteiger charge is -2.15. The molecule has 1 amide bonds. The van der Waals surface area contributed by atoms with Crippen LogP contribution in [0.5, 0.6) is 0 Å².